The predicted molar refractivity (Wildman–Crippen MR) is 124 cm³/mol. The third kappa shape index (κ3) is 5.01. The lowest BCUT2D eigenvalue weighted by molar-refractivity contribution is -0.113. The van der Waals surface area contributed by atoms with Crippen molar-refractivity contribution >= 4 is 6.29 Å². The van der Waals surface area contributed by atoms with Crippen LogP contribution in [0.15, 0.2) is 48.5 Å². The van der Waals surface area contributed by atoms with Crippen molar-refractivity contribution in [3.63, 3.8) is 0 Å². The highest BCUT2D eigenvalue weighted by Crippen LogP contribution is 2.39. The molecule has 0 unspecified atom stereocenters. The fraction of sp³-hybridized carbons (Fsp3) is 0.500. The summed E-state index contributed by atoms with van der Waals surface area (Å²) < 4.78 is 0. The highest BCUT2D eigenvalue weighted by atomic mass is 16.1. The van der Waals surface area contributed by atoms with Gasteiger partial charge in [0, 0.05) is 0 Å². The lowest BCUT2D eigenvalue weighted by Gasteiger charge is -2.32. The molecule has 2 saturated carbocycles. The molecule has 2 aromatic carbocycles. The van der Waals surface area contributed by atoms with Crippen LogP contribution in [0, 0.1) is 25.2 Å². The van der Waals surface area contributed by atoms with Crippen LogP contribution in [0.25, 0.3) is 0 Å². The molecule has 0 aromatic heterocycles. The summed E-state index contributed by atoms with van der Waals surface area (Å²) in [5, 5.41) is 9.41. The molecule has 2 fully saturated rings. The SMILES string of the molecule is Cc1ccc(C2(C#N)CCCCC2)cc1.Cc1ccc(C2(C=O)CCCCC2)cc1. The van der Waals surface area contributed by atoms with Crippen LogP contribution in [-0.4, -0.2) is 6.29 Å². The molecule has 0 heterocycles. The molecule has 0 N–H and O–H groups in total. The Labute approximate surface area is 182 Å². The van der Waals surface area contributed by atoms with Gasteiger partial charge in [0.15, 0.2) is 0 Å². The van der Waals surface area contributed by atoms with Crippen molar-refractivity contribution in [2.75, 3.05) is 0 Å². The van der Waals surface area contributed by atoms with Crippen molar-refractivity contribution in [1.82, 2.24) is 0 Å². The quantitative estimate of drug-likeness (QED) is 0.514. The van der Waals surface area contributed by atoms with E-state index in [-0.39, 0.29) is 10.8 Å². The first-order valence-corrected chi connectivity index (χ1v) is 11.6. The summed E-state index contributed by atoms with van der Waals surface area (Å²) in [5.74, 6) is 0. The molecular weight excluding hydrogens is 366 g/mol. The average molecular weight is 402 g/mol. The van der Waals surface area contributed by atoms with E-state index in [1.165, 1.54) is 67.1 Å². The van der Waals surface area contributed by atoms with Crippen molar-refractivity contribution in [1.29, 1.82) is 5.26 Å². The van der Waals surface area contributed by atoms with E-state index >= 15 is 0 Å². The van der Waals surface area contributed by atoms with Crippen LogP contribution in [-0.2, 0) is 15.6 Å². The van der Waals surface area contributed by atoms with Gasteiger partial charge in [-0.25, -0.2) is 0 Å². The summed E-state index contributed by atoms with van der Waals surface area (Å²) in [5.41, 5.74) is 4.59. The smallest absolute Gasteiger partial charge is 0.130 e. The van der Waals surface area contributed by atoms with E-state index in [0.29, 0.717) is 0 Å². The Balaban J connectivity index is 0.000000171. The van der Waals surface area contributed by atoms with Crippen molar-refractivity contribution in [2.45, 2.75) is 88.9 Å². The molecule has 0 saturated heterocycles. The standard InChI is InChI=1S/C14H17N.C14H18O/c2*1-12-5-7-13(8-6-12)14(11-15)9-3-2-4-10-14/h5-8H,2-4,9-10H2,1H3;5-8,11H,2-4,9-10H2,1H3. The minimum atomic E-state index is -0.189. The molecule has 4 rings (SSSR count). The summed E-state index contributed by atoms with van der Waals surface area (Å²) in [4.78, 5) is 11.4. The number of aryl methyl sites for hydroxylation is 2. The molecule has 2 heteroatoms. The maximum atomic E-state index is 11.4. The van der Waals surface area contributed by atoms with E-state index < -0.39 is 0 Å². The van der Waals surface area contributed by atoms with E-state index in [1.54, 1.807) is 0 Å². The van der Waals surface area contributed by atoms with Crippen LogP contribution >= 0.6 is 0 Å². The number of carbonyl (C=O) groups excluding carboxylic acids is 1. The Morgan fingerprint density at radius 3 is 1.57 bits per heavy atom. The van der Waals surface area contributed by atoms with Crippen LogP contribution in [0.4, 0.5) is 0 Å². The number of hydrogen-bond acceptors (Lipinski definition) is 2. The molecular formula is C28H35NO. The molecule has 30 heavy (non-hydrogen) atoms. The zero-order valence-corrected chi connectivity index (χ0v) is 18.6. The van der Waals surface area contributed by atoms with Gasteiger partial charge in [0.25, 0.3) is 0 Å². The first-order valence-electron chi connectivity index (χ1n) is 11.6. The molecule has 2 nitrogen and oxygen atoms in total. The van der Waals surface area contributed by atoms with Crippen molar-refractivity contribution in [3.8, 4) is 6.07 Å². The molecule has 0 spiro atoms. The number of carbonyl (C=O) groups is 1. The number of hydrogen-bond donors (Lipinski definition) is 0. The Bertz CT molecular complexity index is 845. The van der Waals surface area contributed by atoms with Crippen LogP contribution < -0.4 is 0 Å². The Hall–Kier alpha value is -2.40. The maximum absolute atomic E-state index is 11.4. The fourth-order valence-electron chi connectivity index (χ4n) is 5.04. The van der Waals surface area contributed by atoms with Gasteiger partial charge in [-0.05, 0) is 50.7 Å². The number of benzene rings is 2. The second-order valence-corrected chi connectivity index (χ2v) is 9.32. The molecule has 0 bridgehead atoms. The van der Waals surface area contributed by atoms with Crippen LogP contribution in [0.5, 0.6) is 0 Å². The third-order valence-electron chi connectivity index (χ3n) is 7.12. The predicted octanol–water partition coefficient (Wildman–Crippen LogP) is 7.12. The lowest BCUT2D eigenvalue weighted by atomic mass is 9.70. The maximum Gasteiger partial charge on any atom is 0.130 e. The minimum absolute atomic E-state index is 0.175. The third-order valence-corrected chi connectivity index (χ3v) is 7.12. The summed E-state index contributed by atoms with van der Waals surface area (Å²) in [6.45, 7) is 4.17. The van der Waals surface area contributed by atoms with Gasteiger partial charge in [-0.2, -0.15) is 5.26 Å². The molecule has 0 radical (unpaired) electrons. The monoisotopic (exact) mass is 401 g/mol. The van der Waals surface area contributed by atoms with Crippen LogP contribution in [0.2, 0.25) is 0 Å². The van der Waals surface area contributed by atoms with Gasteiger partial charge in [-0.1, -0.05) is 98.2 Å². The van der Waals surface area contributed by atoms with Gasteiger partial charge in [-0.3, -0.25) is 0 Å². The van der Waals surface area contributed by atoms with Gasteiger partial charge < -0.3 is 4.79 Å². The normalized spacial score (nSPS) is 19.6. The fourth-order valence-corrected chi connectivity index (χ4v) is 5.04. The van der Waals surface area contributed by atoms with Gasteiger partial charge in [0.05, 0.1) is 16.9 Å². The highest BCUT2D eigenvalue weighted by molar-refractivity contribution is 5.68. The van der Waals surface area contributed by atoms with Crippen molar-refractivity contribution < 1.29 is 4.79 Å². The second kappa shape index (κ2) is 10.1. The zero-order valence-electron chi connectivity index (χ0n) is 18.6. The zero-order chi connectivity index (χ0) is 21.5. The van der Waals surface area contributed by atoms with Crippen LogP contribution in [0.3, 0.4) is 0 Å². The Kier molecular flexibility index (Phi) is 7.48. The number of rotatable bonds is 3. The molecule has 2 aromatic rings. The van der Waals surface area contributed by atoms with E-state index in [4.69, 9.17) is 0 Å². The molecule has 0 atom stereocenters. The van der Waals surface area contributed by atoms with Crippen molar-refractivity contribution in [2.24, 2.45) is 0 Å². The first-order chi connectivity index (χ1) is 14.5. The molecule has 2 aliphatic carbocycles. The van der Waals surface area contributed by atoms with Gasteiger partial charge in [0.2, 0.25) is 0 Å². The minimum Gasteiger partial charge on any atom is -0.302 e. The Morgan fingerprint density at radius 1 is 0.700 bits per heavy atom. The summed E-state index contributed by atoms with van der Waals surface area (Å²) >= 11 is 0. The first kappa shape index (κ1) is 22.3. The second-order valence-electron chi connectivity index (χ2n) is 9.32. The van der Waals surface area contributed by atoms with Gasteiger partial charge in [0.1, 0.15) is 6.29 Å². The topological polar surface area (TPSA) is 40.9 Å². The average Bonchev–Trinajstić information content (AvgIpc) is 2.81. The van der Waals surface area contributed by atoms with E-state index in [9.17, 15) is 10.1 Å². The van der Waals surface area contributed by atoms with Gasteiger partial charge in [-0.15, -0.1) is 0 Å². The number of nitrogens with zero attached hydrogens (tertiary/aromatic N) is 1. The summed E-state index contributed by atoms with van der Waals surface area (Å²) in [6, 6.07) is 19.5. The molecule has 2 aliphatic rings. The van der Waals surface area contributed by atoms with Crippen molar-refractivity contribution in [3.05, 3.63) is 70.8 Å². The molecule has 0 aliphatic heterocycles. The van der Waals surface area contributed by atoms with Gasteiger partial charge >= 0.3 is 0 Å². The van der Waals surface area contributed by atoms with Crippen LogP contribution in [0.1, 0.15) is 86.5 Å². The molecule has 158 valence electrons. The summed E-state index contributed by atoms with van der Waals surface area (Å²) in [6.07, 6.45) is 12.6. The molecule has 0 amide bonds. The van der Waals surface area contributed by atoms with E-state index in [0.717, 1.165) is 25.7 Å². The number of nitriles is 1. The highest BCUT2D eigenvalue weighted by Gasteiger charge is 2.34. The summed E-state index contributed by atoms with van der Waals surface area (Å²) in [7, 11) is 0. The van der Waals surface area contributed by atoms with E-state index in [2.05, 4.69) is 68.4 Å². The number of aldehydes is 1. The largest absolute Gasteiger partial charge is 0.302 e. The van der Waals surface area contributed by atoms with E-state index in [1.807, 2.05) is 0 Å². The lowest BCUT2D eigenvalue weighted by Crippen LogP contribution is -2.30. The Morgan fingerprint density at radius 2 is 1.13 bits per heavy atom.